The highest BCUT2D eigenvalue weighted by Crippen LogP contribution is 2.23. The largest absolute Gasteiger partial charge is 0.399 e. The molecule has 0 aliphatic rings. The molecule has 4 N–H and O–H groups in total. The van der Waals surface area contributed by atoms with Crippen LogP contribution in [0.1, 0.15) is 32.8 Å². The lowest BCUT2D eigenvalue weighted by Gasteiger charge is -2.29. The number of hydrogen-bond acceptors (Lipinski definition) is 3. The summed E-state index contributed by atoms with van der Waals surface area (Å²) in [6, 6.07) is 7.54. The Bertz CT molecular complexity index is 376. The number of aliphatic hydroxyl groups is 1. The van der Waals surface area contributed by atoms with Crippen LogP contribution in [0.5, 0.6) is 0 Å². The average molecular weight is 234 g/mol. The summed E-state index contributed by atoms with van der Waals surface area (Å²) in [7, 11) is 0. The van der Waals surface area contributed by atoms with Crippen LogP contribution in [-0.4, -0.2) is 16.4 Å². The van der Waals surface area contributed by atoms with Crippen LogP contribution >= 0.6 is 0 Å². The van der Waals surface area contributed by atoms with E-state index in [0.29, 0.717) is 12.1 Å². The zero-order chi connectivity index (χ0) is 13.1. The summed E-state index contributed by atoms with van der Waals surface area (Å²) >= 11 is 0. The second kappa shape index (κ2) is 5.32. The summed E-state index contributed by atoms with van der Waals surface area (Å²) in [4.78, 5) is 0. The molecule has 1 atom stereocenters. The van der Waals surface area contributed by atoms with Gasteiger partial charge in [-0.1, -0.05) is 19.1 Å². The van der Waals surface area contributed by atoms with Gasteiger partial charge in [0.25, 0.3) is 0 Å². The first-order chi connectivity index (χ1) is 7.84. The Morgan fingerprint density at radius 3 is 2.29 bits per heavy atom. The summed E-state index contributed by atoms with van der Waals surface area (Å²) in [5, 5.41) is 18.1. The van der Waals surface area contributed by atoms with Crippen molar-refractivity contribution in [2.24, 2.45) is 5.92 Å². The number of benzene rings is 1. The molecule has 3 heteroatoms. The molecule has 0 aromatic heterocycles. The van der Waals surface area contributed by atoms with Crippen molar-refractivity contribution in [1.82, 2.24) is 0 Å². The van der Waals surface area contributed by atoms with Gasteiger partial charge in [-0.3, -0.25) is 0 Å². The number of nitrogens with two attached hydrogens (primary N) is 1. The topological polar surface area (TPSA) is 70.1 Å². The minimum absolute atomic E-state index is 0.0972. The number of rotatable bonds is 5. The lowest BCUT2D eigenvalue weighted by molar-refractivity contribution is 0.0425. The van der Waals surface area contributed by atoms with E-state index in [4.69, 9.17) is 11.1 Å². The van der Waals surface area contributed by atoms with E-state index in [0.717, 1.165) is 17.7 Å². The van der Waals surface area contributed by atoms with Crippen LogP contribution in [0.2, 0.25) is 0 Å². The maximum absolute atomic E-state index is 10.0. The van der Waals surface area contributed by atoms with Crippen molar-refractivity contribution in [1.29, 1.82) is 5.41 Å². The minimum Gasteiger partial charge on any atom is -0.399 e. The fourth-order valence-electron chi connectivity index (χ4n) is 2.15. The minimum atomic E-state index is -0.834. The molecule has 1 unspecified atom stereocenters. The average Bonchev–Trinajstić information content (AvgIpc) is 2.20. The highest BCUT2D eigenvalue weighted by molar-refractivity contribution is 5.86. The monoisotopic (exact) mass is 234 g/mol. The summed E-state index contributed by atoms with van der Waals surface area (Å²) in [5.41, 5.74) is 7.15. The molecule has 0 spiro atoms. The molecule has 3 nitrogen and oxygen atoms in total. The molecule has 0 radical (unpaired) electrons. The van der Waals surface area contributed by atoms with Gasteiger partial charge in [0.15, 0.2) is 0 Å². The second-order valence-corrected chi connectivity index (χ2v) is 5.06. The first kappa shape index (κ1) is 13.7. The Hall–Kier alpha value is -1.35. The Balaban J connectivity index is 2.74. The van der Waals surface area contributed by atoms with Gasteiger partial charge in [0.2, 0.25) is 0 Å². The van der Waals surface area contributed by atoms with Crippen LogP contribution in [0, 0.1) is 11.3 Å². The van der Waals surface area contributed by atoms with E-state index in [1.165, 1.54) is 0 Å². The molecule has 1 aromatic rings. The van der Waals surface area contributed by atoms with Gasteiger partial charge in [0.05, 0.1) is 5.60 Å². The highest BCUT2D eigenvalue weighted by Gasteiger charge is 2.28. The zero-order valence-corrected chi connectivity index (χ0v) is 10.8. The molecular formula is C14H22N2O. The molecule has 0 saturated carbocycles. The van der Waals surface area contributed by atoms with Gasteiger partial charge in [-0.25, -0.2) is 0 Å². The lowest BCUT2D eigenvalue weighted by atomic mass is 9.82. The quantitative estimate of drug-likeness (QED) is 0.541. The molecule has 0 fully saturated rings. The van der Waals surface area contributed by atoms with E-state index in [1.807, 2.05) is 31.2 Å². The Labute approximate surface area is 103 Å². The van der Waals surface area contributed by atoms with Gasteiger partial charge in [0.1, 0.15) is 0 Å². The second-order valence-electron chi connectivity index (χ2n) is 5.06. The molecule has 0 aliphatic heterocycles. The maximum atomic E-state index is 10.0. The van der Waals surface area contributed by atoms with Crippen molar-refractivity contribution in [3.05, 3.63) is 29.8 Å². The molecule has 1 aromatic carbocycles. The Morgan fingerprint density at radius 2 is 1.88 bits per heavy atom. The number of anilines is 1. The molecule has 17 heavy (non-hydrogen) atoms. The van der Waals surface area contributed by atoms with E-state index in [-0.39, 0.29) is 5.92 Å². The van der Waals surface area contributed by atoms with E-state index in [2.05, 4.69) is 0 Å². The molecular weight excluding hydrogens is 212 g/mol. The third kappa shape index (κ3) is 3.86. The lowest BCUT2D eigenvalue weighted by Crippen LogP contribution is -2.36. The number of hydrogen-bond donors (Lipinski definition) is 3. The maximum Gasteiger partial charge on any atom is 0.0671 e. The predicted molar refractivity (Wildman–Crippen MR) is 72.4 cm³/mol. The van der Waals surface area contributed by atoms with Crippen LogP contribution in [-0.2, 0) is 6.42 Å². The molecule has 0 aliphatic carbocycles. The third-order valence-electron chi connectivity index (χ3n) is 3.06. The van der Waals surface area contributed by atoms with Gasteiger partial charge < -0.3 is 16.2 Å². The number of nitrogen functional groups attached to an aromatic ring is 1. The molecule has 1 rings (SSSR count). The summed E-state index contributed by atoms with van der Waals surface area (Å²) in [6.07, 6.45) is 1.35. The summed E-state index contributed by atoms with van der Waals surface area (Å²) in [6.45, 7) is 5.53. The van der Waals surface area contributed by atoms with Gasteiger partial charge in [-0.15, -0.1) is 0 Å². The Morgan fingerprint density at radius 1 is 1.35 bits per heavy atom. The van der Waals surface area contributed by atoms with Crippen LogP contribution in [0.3, 0.4) is 0 Å². The molecule has 0 amide bonds. The van der Waals surface area contributed by atoms with Gasteiger partial charge >= 0.3 is 0 Å². The van der Waals surface area contributed by atoms with E-state index in [9.17, 15) is 5.11 Å². The van der Waals surface area contributed by atoms with Gasteiger partial charge in [0, 0.05) is 23.7 Å². The Kier molecular flexibility index (Phi) is 4.29. The van der Waals surface area contributed by atoms with Crippen LogP contribution in [0.15, 0.2) is 24.3 Å². The summed E-state index contributed by atoms with van der Waals surface area (Å²) < 4.78 is 0. The highest BCUT2D eigenvalue weighted by atomic mass is 16.3. The van der Waals surface area contributed by atoms with Crippen LogP contribution in [0.25, 0.3) is 0 Å². The SMILES string of the molecule is CCC(C(=N)Cc1ccc(N)cc1)C(C)(C)O. The van der Waals surface area contributed by atoms with Crippen LogP contribution < -0.4 is 5.73 Å². The van der Waals surface area contributed by atoms with Gasteiger partial charge in [-0.2, -0.15) is 0 Å². The van der Waals surface area contributed by atoms with Crippen molar-refractivity contribution in [2.75, 3.05) is 5.73 Å². The molecule has 0 saturated heterocycles. The fraction of sp³-hybridized carbons (Fsp3) is 0.500. The molecule has 0 bridgehead atoms. The number of nitrogens with one attached hydrogen (secondary N) is 1. The van der Waals surface area contributed by atoms with Gasteiger partial charge in [-0.05, 0) is 38.0 Å². The van der Waals surface area contributed by atoms with E-state index in [1.54, 1.807) is 13.8 Å². The van der Waals surface area contributed by atoms with Crippen molar-refractivity contribution < 1.29 is 5.11 Å². The van der Waals surface area contributed by atoms with Crippen LogP contribution in [0.4, 0.5) is 5.69 Å². The standard InChI is InChI=1S/C14H22N2O/c1-4-12(14(2,3)17)13(16)9-10-5-7-11(15)8-6-10/h5-8,12,16-17H,4,9,15H2,1-3H3. The normalized spacial score (nSPS) is 13.4. The summed E-state index contributed by atoms with van der Waals surface area (Å²) in [5.74, 6) is -0.0972. The van der Waals surface area contributed by atoms with Crippen molar-refractivity contribution >= 4 is 11.4 Å². The smallest absolute Gasteiger partial charge is 0.0671 e. The zero-order valence-electron chi connectivity index (χ0n) is 10.8. The molecule has 0 heterocycles. The third-order valence-corrected chi connectivity index (χ3v) is 3.06. The molecule has 94 valence electrons. The van der Waals surface area contributed by atoms with E-state index >= 15 is 0 Å². The predicted octanol–water partition coefficient (Wildman–Crippen LogP) is 2.63. The van der Waals surface area contributed by atoms with E-state index < -0.39 is 5.60 Å². The fourth-order valence-corrected chi connectivity index (χ4v) is 2.15. The first-order valence-corrected chi connectivity index (χ1v) is 5.98. The van der Waals surface area contributed by atoms with Crippen molar-refractivity contribution in [2.45, 2.75) is 39.2 Å². The van der Waals surface area contributed by atoms with Crippen molar-refractivity contribution in [3.63, 3.8) is 0 Å². The van der Waals surface area contributed by atoms with Crippen molar-refractivity contribution in [3.8, 4) is 0 Å². The first-order valence-electron chi connectivity index (χ1n) is 5.98.